The van der Waals surface area contributed by atoms with E-state index < -0.39 is 0 Å². The van der Waals surface area contributed by atoms with E-state index in [-0.39, 0.29) is 12.3 Å². The molecule has 0 atom stereocenters. The highest BCUT2D eigenvalue weighted by Gasteiger charge is 2.15. The van der Waals surface area contributed by atoms with Crippen LogP contribution in [0.1, 0.15) is 30.7 Å². The van der Waals surface area contributed by atoms with Gasteiger partial charge < -0.3 is 5.32 Å². The number of hydrogen-bond acceptors (Lipinski definition) is 3. The maximum Gasteiger partial charge on any atom is 0.230 e. The lowest BCUT2D eigenvalue weighted by Crippen LogP contribution is -2.16. The predicted octanol–water partition coefficient (Wildman–Crippen LogP) is 5.65. The molecule has 2 aromatic carbocycles. The van der Waals surface area contributed by atoms with Crippen LogP contribution in [0.3, 0.4) is 0 Å². The number of halogens is 2. The minimum Gasteiger partial charge on any atom is -0.326 e. The molecule has 0 radical (unpaired) electrons. The Hall–Kier alpha value is -2.81. The molecule has 1 N–H and O–H groups in total. The number of aromatic nitrogens is 2. The average Bonchev–Trinajstić information content (AvgIpc) is 3.06. The third-order valence-electron chi connectivity index (χ3n) is 4.74. The van der Waals surface area contributed by atoms with Crippen LogP contribution in [0.4, 0.5) is 5.69 Å². The fraction of sp³-hybridized carbons (Fsp3) is 0.261. The Balaban J connectivity index is 1.85. The summed E-state index contributed by atoms with van der Waals surface area (Å²) in [5.74, 6) is 0.257. The summed E-state index contributed by atoms with van der Waals surface area (Å²) in [6, 6.07) is 13.1. The van der Waals surface area contributed by atoms with Crippen LogP contribution in [-0.2, 0) is 24.7 Å². The first-order valence-corrected chi connectivity index (χ1v) is 10.3. The molecule has 5 nitrogen and oxygen atoms in total. The maximum atomic E-state index is 12.3. The number of benzene rings is 2. The Morgan fingerprint density at radius 2 is 1.90 bits per heavy atom. The van der Waals surface area contributed by atoms with Crippen molar-refractivity contribution >= 4 is 34.8 Å². The lowest BCUT2D eigenvalue weighted by molar-refractivity contribution is -0.115. The lowest BCUT2D eigenvalue weighted by atomic mass is 9.94. The van der Waals surface area contributed by atoms with Gasteiger partial charge in [-0.3, -0.25) is 9.48 Å². The number of anilines is 1. The van der Waals surface area contributed by atoms with Gasteiger partial charge >= 0.3 is 0 Å². The van der Waals surface area contributed by atoms with E-state index in [4.69, 9.17) is 23.2 Å². The third kappa shape index (κ3) is 5.02. The highest BCUT2D eigenvalue weighted by atomic mass is 35.5. The van der Waals surface area contributed by atoms with Gasteiger partial charge in [-0.2, -0.15) is 10.4 Å². The van der Waals surface area contributed by atoms with Gasteiger partial charge in [-0.05, 0) is 47.7 Å². The zero-order valence-corrected chi connectivity index (χ0v) is 18.6. The number of hydrogen-bond donors (Lipinski definition) is 1. The molecule has 1 amide bonds. The van der Waals surface area contributed by atoms with Crippen molar-refractivity contribution in [3.05, 3.63) is 69.5 Å². The minimum absolute atomic E-state index is 0.191. The molecule has 0 saturated heterocycles. The van der Waals surface area contributed by atoms with E-state index in [9.17, 15) is 10.1 Å². The van der Waals surface area contributed by atoms with Crippen molar-refractivity contribution in [2.45, 2.75) is 26.7 Å². The highest BCUT2D eigenvalue weighted by Crippen LogP contribution is 2.38. The van der Waals surface area contributed by atoms with Crippen LogP contribution in [0.15, 0.2) is 42.6 Å². The van der Waals surface area contributed by atoms with Crippen LogP contribution in [0.5, 0.6) is 0 Å². The summed E-state index contributed by atoms with van der Waals surface area (Å²) in [6.07, 6.45) is 2.66. The second kappa shape index (κ2) is 9.34. The lowest BCUT2D eigenvalue weighted by Gasteiger charge is -2.14. The summed E-state index contributed by atoms with van der Waals surface area (Å²) in [4.78, 5) is 12.3. The van der Waals surface area contributed by atoms with Gasteiger partial charge in [0.2, 0.25) is 5.91 Å². The van der Waals surface area contributed by atoms with Crippen LogP contribution in [0.2, 0.25) is 10.0 Å². The average molecular weight is 441 g/mol. The van der Waals surface area contributed by atoms with E-state index in [1.54, 1.807) is 36.1 Å². The van der Waals surface area contributed by atoms with Gasteiger partial charge in [0, 0.05) is 30.2 Å². The molecule has 0 bridgehead atoms. The Labute approximate surface area is 186 Å². The molecule has 3 rings (SSSR count). The van der Waals surface area contributed by atoms with E-state index in [1.165, 1.54) is 0 Å². The molecule has 1 aromatic heterocycles. The van der Waals surface area contributed by atoms with Gasteiger partial charge in [0.05, 0.1) is 28.1 Å². The smallest absolute Gasteiger partial charge is 0.230 e. The van der Waals surface area contributed by atoms with Crippen LogP contribution >= 0.6 is 23.2 Å². The number of rotatable bonds is 6. The summed E-state index contributed by atoms with van der Waals surface area (Å²) >= 11 is 13.0. The molecule has 0 saturated carbocycles. The number of nitrogens with zero attached hydrogens (tertiary/aromatic N) is 3. The molecule has 7 heteroatoms. The van der Waals surface area contributed by atoms with Crippen molar-refractivity contribution in [2.75, 3.05) is 5.32 Å². The van der Waals surface area contributed by atoms with Crippen molar-refractivity contribution in [3.8, 4) is 17.2 Å². The monoisotopic (exact) mass is 440 g/mol. The summed E-state index contributed by atoms with van der Waals surface area (Å²) < 4.78 is 1.65. The quantitative estimate of drug-likeness (QED) is 0.538. The number of nitriles is 1. The number of aryl methyl sites for hydroxylation is 1. The fourth-order valence-electron chi connectivity index (χ4n) is 3.32. The van der Waals surface area contributed by atoms with Crippen LogP contribution in [0.25, 0.3) is 11.1 Å². The number of carbonyl (C=O) groups is 1. The van der Waals surface area contributed by atoms with Crippen molar-refractivity contribution in [2.24, 2.45) is 13.0 Å². The van der Waals surface area contributed by atoms with E-state index in [2.05, 4.69) is 30.3 Å². The highest BCUT2D eigenvalue weighted by molar-refractivity contribution is 6.39. The third-order valence-corrected chi connectivity index (χ3v) is 5.33. The summed E-state index contributed by atoms with van der Waals surface area (Å²) in [5, 5.41) is 17.2. The summed E-state index contributed by atoms with van der Waals surface area (Å²) in [5.41, 5.74) is 4.33. The largest absolute Gasteiger partial charge is 0.326 e. The van der Waals surface area contributed by atoms with E-state index in [0.29, 0.717) is 32.8 Å². The molecule has 1 heterocycles. The van der Waals surface area contributed by atoms with Crippen LogP contribution < -0.4 is 5.32 Å². The maximum absolute atomic E-state index is 12.3. The second-order valence-corrected chi connectivity index (χ2v) is 8.38. The molecule has 0 aliphatic heterocycles. The molecule has 30 heavy (non-hydrogen) atoms. The molecule has 0 unspecified atom stereocenters. The molecule has 3 aromatic rings. The standard InChI is InChI=1S/C23H22Cl2N4O/c1-14(2)8-15-4-5-16(9-17(15)13-26)23-20(24)10-18(11-21(23)25)28-22(30)12-19-6-7-27-29(19)3/h4-7,9-11,14H,8,12H2,1-3H3,(H,28,30). The Morgan fingerprint density at radius 3 is 2.47 bits per heavy atom. The molecular formula is C23H22Cl2N4O. The topological polar surface area (TPSA) is 70.7 Å². The molecule has 154 valence electrons. The molecule has 0 fully saturated rings. The zero-order chi connectivity index (χ0) is 21.8. The predicted molar refractivity (Wildman–Crippen MR) is 121 cm³/mol. The second-order valence-electron chi connectivity index (χ2n) is 7.57. The molecule has 0 aliphatic carbocycles. The van der Waals surface area contributed by atoms with E-state index in [0.717, 1.165) is 23.2 Å². The fourth-order valence-corrected chi connectivity index (χ4v) is 4.02. The van der Waals surface area contributed by atoms with Gasteiger partial charge in [0.15, 0.2) is 0 Å². The Kier molecular flexibility index (Phi) is 6.81. The minimum atomic E-state index is -0.191. The SMILES string of the molecule is CC(C)Cc1ccc(-c2c(Cl)cc(NC(=O)Cc3ccnn3C)cc2Cl)cc1C#N. The van der Waals surface area contributed by atoms with Gasteiger partial charge in [-0.1, -0.05) is 49.2 Å². The van der Waals surface area contributed by atoms with Gasteiger partial charge in [-0.15, -0.1) is 0 Å². The summed E-state index contributed by atoms with van der Waals surface area (Å²) in [6.45, 7) is 4.23. The zero-order valence-electron chi connectivity index (χ0n) is 17.0. The molecule has 0 spiro atoms. The Morgan fingerprint density at radius 1 is 1.20 bits per heavy atom. The van der Waals surface area contributed by atoms with Crippen LogP contribution in [0, 0.1) is 17.2 Å². The molecule has 0 aliphatic rings. The summed E-state index contributed by atoms with van der Waals surface area (Å²) in [7, 11) is 1.78. The number of carbonyl (C=O) groups excluding carboxylic acids is 1. The Bertz CT molecular complexity index is 1110. The van der Waals surface area contributed by atoms with Gasteiger partial charge in [0.1, 0.15) is 0 Å². The van der Waals surface area contributed by atoms with Crippen molar-refractivity contribution in [1.29, 1.82) is 5.26 Å². The van der Waals surface area contributed by atoms with E-state index in [1.807, 2.05) is 18.2 Å². The van der Waals surface area contributed by atoms with Gasteiger partial charge in [0.25, 0.3) is 0 Å². The number of amides is 1. The van der Waals surface area contributed by atoms with Gasteiger partial charge in [-0.25, -0.2) is 0 Å². The van der Waals surface area contributed by atoms with Crippen molar-refractivity contribution in [1.82, 2.24) is 9.78 Å². The van der Waals surface area contributed by atoms with Crippen molar-refractivity contribution < 1.29 is 4.79 Å². The van der Waals surface area contributed by atoms with Crippen LogP contribution in [-0.4, -0.2) is 15.7 Å². The normalized spacial score (nSPS) is 10.8. The first kappa shape index (κ1) is 21.9. The first-order chi connectivity index (χ1) is 14.3. The number of nitrogens with one attached hydrogen (secondary N) is 1. The molecular weight excluding hydrogens is 419 g/mol. The van der Waals surface area contributed by atoms with E-state index >= 15 is 0 Å². The van der Waals surface area contributed by atoms with Crippen molar-refractivity contribution in [3.63, 3.8) is 0 Å². The first-order valence-electron chi connectivity index (χ1n) is 9.57.